The van der Waals surface area contributed by atoms with Crippen LogP contribution < -0.4 is 10.2 Å². The van der Waals surface area contributed by atoms with Gasteiger partial charge in [-0.05, 0) is 31.2 Å². The Balaban J connectivity index is 1.66. The van der Waals surface area contributed by atoms with Crippen molar-refractivity contribution in [2.45, 2.75) is 13.5 Å². The van der Waals surface area contributed by atoms with E-state index in [1.165, 1.54) is 6.07 Å². The number of halogens is 2. The average Bonchev–Trinajstić information content (AvgIpc) is 2.68. The van der Waals surface area contributed by atoms with E-state index in [-0.39, 0.29) is 12.1 Å². The molecular formula is C18H22F2N6. The minimum Gasteiger partial charge on any atom is -0.357 e. The molecule has 1 aliphatic heterocycles. The maximum absolute atomic E-state index is 13.8. The maximum Gasteiger partial charge on any atom is 0.225 e. The molecule has 0 radical (unpaired) electrons. The average molecular weight is 360 g/mol. The van der Waals surface area contributed by atoms with Crippen LogP contribution in [0.15, 0.2) is 41.7 Å². The smallest absolute Gasteiger partial charge is 0.225 e. The third-order valence-electron chi connectivity index (χ3n) is 4.16. The number of aliphatic imine (C=N–C) groups is 1. The molecule has 26 heavy (non-hydrogen) atoms. The van der Waals surface area contributed by atoms with E-state index in [1.54, 1.807) is 18.5 Å². The number of nitrogens with zero attached hydrogens (tertiary/aromatic N) is 5. The van der Waals surface area contributed by atoms with Crippen molar-refractivity contribution in [1.29, 1.82) is 0 Å². The predicted octanol–water partition coefficient (Wildman–Crippen LogP) is 2.04. The van der Waals surface area contributed by atoms with E-state index >= 15 is 0 Å². The van der Waals surface area contributed by atoms with Crippen LogP contribution in [0.4, 0.5) is 14.7 Å². The van der Waals surface area contributed by atoms with Crippen LogP contribution in [-0.2, 0) is 6.54 Å². The molecule has 0 spiro atoms. The molecule has 0 saturated carbocycles. The van der Waals surface area contributed by atoms with Crippen molar-refractivity contribution >= 4 is 11.9 Å². The van der Waals surface area contributed by atoms with Crippen LogP contribution in [0.3, 0.4) is 0 Å². The van der Waals surface area contributed by atoms with Crippen LogP contribution in [-0.4, -0.2) is 53.6 Å². The van der Waals surface area contributed by atoms with Crippen LogP contribution >= 0.6 is 0 Å². The number of aromatic nitrogens is 2. The molecule has 2 heterocycles. The predicted molar refractivity (Wildman–Crippen MR) is 97.0 cm³/mol. The van der Waals surface area contributed by atoms with Gasteiger partial charge in [-0.2, -0.15) is 0 Å². The van der Waals surface area contributed by atoms with E-state index in [2.05, 4.69) is 30.1 Å². The lowest BCUT2D eigenvalue weighted by Crippen LogP contribution is -2.53. The second kappa shape index (κ2) is 8.55. The number of hydrogen-bond acceptors (Lipinski definition) is 4. The highest BCUT2D eigenvalue weighted by atomic mass is 19.1. The Kier molecular flexibility index (Phi) is 5.93. The molecule has 0 unspecified atom stereocenters. The van der Waals surface area contributed by atoms with Gasteiger partial charge >= 0.3 is 0 Å². The summed E-state index contributed by atoms with van der Waals surface area (Å²) >= 11 is 0. The van der Waals surface area contributed by atoms with Crippen molar-refractivity contribution in [3.8, 4) is 0 Å². The van der Waals surface area contributed by atoms with Gasteiger partial charge in [0, 0.05) is 50.7 Å². The number of piperazine rings is 1. The monoisotopic (exact) mass is 360 g/mol. The van der Waals surface area contributed by atoms with Gasteiger partial charge in [-0.3, -0.25) is 0 Å². The molecule has 1 aromatic heterocycles. The summed E-state index contributed by atoms with van der Waals surface area (Å²) in [5.74, 6) is 0.510. The summed E-state index contributed by atoms with van der Waals surface area (Å²) in [6, 6.07) is 5.22. The van der Waals surface area contributed by atoms with Crippen LogP contribution in [0.25, 0.3) is 0 Å². The second-order valence-corrected chi connectivity index (χ2v) is 5.93. The fourth-order valence-corrected chi connectivity index (χ4v) is 2.82. The summed E-state index contributed by atoms with van der Waals surface area (Å²) < 4.78 is 27.1. The zero-order valence-corrected chi connectivity index (χ0v) is 14.7. The summed E-state index contributed by atoms with van der Waals surface area (Å²) in [5, 5.41) is 3.22. The van der Waals surface area contributed by atoms with Crippen molar-refractivity contribution in [1.82, 2.24) is 20.2 Å². The first-order chi connectivity index (χ1) is 12.7. The quantitative estimate of drug-likeness (QED) is 0.668. The van der Waals surface area contributed by atoms with E-state index in [4.69, 9.17) is 0 Å². The molecule has 0 bridgehead atoms. The van der Waals surface area contributed by atoms with Crippen LogP contribution in [0, 0.1) is 11.6 Å². The van der Waals surface area contributed by atoms with Crippen molar-refractivity contribution in [3.63, 3.8) is 0 Å². The Morgan fingerprint density at radius 3 is 2.58 bits per heavy atom. The fourth-order valence-electron chi connectivity index (χ4n) is 2.82. The first-order valence-corrected chi connectivity index (χ1v) is 8.66. The van der Waals surface area contributed by atoms with Gasteiger partial charge in [0.1, 0.15) is 11.6 Å². The molecule has 0 aliphatic carbocycles. The van der Waals surface area contributed by atoms with Crippen molar-refractivity contribution in [2.24, 2.45) is 4.99 Å². The van der Waals surface area contributed by atoms with E-state index in [0.29, 0.717) is 12.5 Å². The zero-order chi connectivity index (χ0) is 18.4. The minimum atomic E-state index is -0.460. The topological polar surface area (TPSA) is 56.7 Å². The van der Waals surface area contributed by atoms with Crippen molar-refractivity contribution in [2.75, 3.05) is 37.6 Å². The molecule has 6 nitrogen and oxygen atoms in total. The largest absolute Gasteiger partial charge is 0.357 e. The third-order valence-corrected chi connectivity index (χ3v) is 4.16. The van der Waals surface area contributed by atoms with Crippen LogP contribution in [0.2, 0.25) is 0 Å². The zero-order valence-electron chi connectivity index (χ0n) is 14.7. The van der Waals surface area contributed by atoms with Crippen LogP contribution in [0.1, 0.15) is 12.5 Å². The standard InChI is InChI=1S/C18H22F2N6/c1-2-21-17(24-13-14-12-15(19)4-5-16(14)20)25-8-10-26(11-9-25)18-22-6-3-7-23-18/h3-7,12H,2,8-11,13H2,1H3,(H,21,24). The molecule has 1 fully saturated rings. The number of guanidine groups is 1. The minimum absolute atomic E-state index is 0.0912. The lowest BCUT2D eigenvalue weighted by Gasteiger charge is -2.36. The van der Waals surface area contributed by atoms with E-state index in [0.717, 1.165) is 44.3 Å². The molecule has 0 amide bonds. The van der Waals surface area contributed by atoms with Crippen molar-refractivity contribution < 1.29 is 8.78 Å². The Morgan fingerprint density at radius 2 is 1.88 bits per heavy atom. The Morgan fingerprint density at radius 1 is 1.15 bits per heavy atom. The molecule has 1 N–H and O–H groups in total. The highest BCUT2D eigenvalue weighted by molar-refractivity contribution is 5.80. The first-order valence-electron chi connectivity index (χ1n) is 8.66. The van der Waals surface area contributed by atoms with Gasteiger partial charge in [0.2, 0.25) is 5.95 Å². The summed E-state index contributed by atoms with van der Waals surface area (Å²) in [6.45, 7) is 5.80. The molecule has 1 aromatic carbocycles. The summed E-state index contributed by atoms with van der Waals surface area (Å²) in [6.07, 6.45) is 3.46. The number of nitrogens with one attached hydrogen (secondary N) is 1. The maximum atomic E-state index is 13.8. The lowest BCUT2D eigenvalue weighted by molar-refractivity contribution is 0.370. The summed E-state index contributed by atoms with van der Waals surface area (Å²) in [5.41, 5.74) is 0.247. The van der Waals surface area contributed by atoms with E-state index < -0.39 is 11.6 Å². The second-order valence-electron chi connectivity index (χ2n) is 5.93. The lowest BCUT2D eigenvalue weighted by atomic mass is 10.2. The molecule has 138 valence electrons. The number of rotatable bonds is 4. The van der Waals surface area contributed by atoms with Gasteiger partial charge in [0.15, 0.2) is 5.96 Å². The van der Waals surface area contributed by atoms with Gasteiger partial charge in [-0.25, -0.2) is 23.7 Å². The Labute approximate surface area is 151 Å². The SMILES string of the molecule is CCNC(=NCc1cc(F)ccc1F)N1CCN(c2ncccn2)CC1. The summed E-state index contributed by atoms with van der Waals surface area (Å²) in [4.78, 5) is 17.3. The first kappa shape index (κ1) is 18.0. The normalized spacial score (nSPS) is 15.3. The third kappa shape index (κ3) is 4.44. The fraction of sp³-hybridized carbons (Fsp3) is 0.389. The van der Waals surface area contributed by atoms with Gasteiger partial charge in [-0.15, -0.1) is 0 Å². The number of anilines is 1. The highest BCUT2D eigenvalue weighted by Gasteiger charge is 2.21. The molecule has 2 aromatic rings. The Hall–Kier alpha value is -2.77. The Bertz CT molecular complexity index is 745. The molecular weight excluding hydrogens is 338 g/mol. The molecule has 8 heteroatoms. The van der Waals surface area contributed by atoms with Gasteiger partial charge in [-0.1, -0.05) is 0 Å². The molecule has 3 rings (SSSR count). The van der Waals surface area contributed by atoms with Gasteiger partial charge < -0.3 is 15.1 Å². The van der Waals surface area contributed by atoms with E-state index in [1.807, 2.05) is 6.92 Å². The van der Waals surface area contributed by atoms with Crippen LogP contribution in [0.5, 0.6) is 0 Å². The number of benzene rings is 1. The van der Waals surface area contributed by atoms with Gasteiger partial charge in [0.05, 0.1) is 6.54 Å². The molecule has 0 atom stereocenters. The molecule has 1 saturated heterocycles. The van der Waals surface area contributed by atoms with Crippen molar-refractivity contribution in [3.05, 3.63) is 53.9 Å². The van der Waals surface area contributed by atoms with E-state index in [9.17, 15) is 8.78 Å². The summed E-state index contributed by atoms with van der Waals surface area (Å²) in [7, 11) is 0. The molecule has 1 aliphatic rings. The number of hydrogen-bond donors (Lipinski definition) is 1. The van der Waals surface area contributed by atoms with Gasteiger partial charge in [0.25, 0.3) is 0 Å². The highest BCUT2D eigenvalue weighted by Crippen LogP contribution is 2.13.